The Hall–Kier alpha value is -2.49. The summed E-state index contributed by atoms with van der Waals surface area (Å²) in [6.45, 7) is 15.0. The van der Waals surface area contributed by atoms with E-state index < -0.39 is 11.7 Å². The number of hydrogen-bond donors (Lipinski definition) is 1. The minimum atomic E-state index is -0.597. The van der Waals surface area contributed by atoms with Crippen LogP contribution in [0.15, 0.2) is 11.9 Å². The van der Waals surface area contributed by atoms with Crippen LogP contribution in [0.3, 0.4) is 0 Å². The van der Waals surface area contributed by atoms with Crippen molar-refractivity contribution in [3.63, 3.8) is 0 Å². The van der Waals surface area contributed by atoms with Gasteiger partial charge in [-0.2, -0.15) is 0 Å². The van der Waals surface area contributed by atoms with Crippen LogP contribution in [0.5, 0.6) is 0 Å². The van der Waals surface area contributed by atoms with Crippen molar-refractivity contribution in [2.24, 2.45) is 5.41 Å². The van der Waals surface area contributed by atoms with Gasteiger partial charge >= 0.3 is 6.09 Å². The number of hydrogen-bond acceptors (Lipinski definition) is 7. The molecule has 0 saturated carbocycles. The van der Waals surface area contributed by atoms with Gasteiger partial charge in [-0.05, 0) is 26.2 Å². The smallest absolute Gasteiger partial charge is 0.407 e. The molecule has 3 heterocycles. The Labute approximate surface area is 191 Å². The van der Waals surface area contributed by atoms with Gasteiger partial charge in [0, 0.05) is 51.9 Å². The van der Waals surface area contributed by atoms with Gasteiger partial charge in [0.05, 0.1) is 6.67 Å². The summed E-state index contributed by atoms with van der Waals surface area (Å²) in [7, 11) is 1.95. The van der Waals surface area contributed by atoms with Gasteiger partial charge in [0.25, 0.3) is 5.91 Å². The maximum absolute atomic E-state index is 13.0. The second kappa shape index (κ2) is 8.80. The summed E-state index contributed by atoms with van der Waals surface area (Å²) in [6, 6.07) is -0.348. The van der Waals surface area contributed by atoms with Crippen molar-refractivity contribution in [1.29, 1.82) is 0 Å². The van der Waals surface area contributed by atoms with E-state index in [0.717, 1.165) is 12.4 Å². The fraction of sp³-hybridized carbons (Fsp3) is 0.773. The molecule has 3 aliphatic rings. The summed E-state index contributed by atoms with van der Waals surface area (Å²) >= 11 is 0. The number of fused-ring (bicyclic) bond motifs is 1. The standard InChI is InChI=1S/C22H38N6O4/c1-21(2,3)17(23-20(31)32-22(4,5)6)12-18(29)25-8-10-27(11-9-25)28-15-26-14-24(7)13-16(26)19(28)30/h13,17H,8-12,14-15H2,1-7H3,(H,23,31). The van der Waals surface area contributed by atoms with Gasteiger partial charge in [-0.3, -0.25) is 9.59 Å². The van der Waals surface area contributed by atoms with Crippen molar-refractivity contribution in [3.8, 4) is 0 Å². The van der Waals surface area contributed by atoms with Crippen LogP contribution in [-0.4, -0.2) is 101 Å². The van der Waals surface area contributed by atoms with Crippen molar-refractivity contribution < 1.29 is 19.1 Å². The Balaban J connectivity index is 1.53. The second-order valence-electron chi connectivity index (χ2n) is 10.9. The lowest BCUT2D eigenvalue weighted by Gasteiger charge is -2.40. The van der Waals surface area contributed by atoms with Crippen molar-refractivity contribution in [3.05, 3.63) is 11.9 Å². The van der Waals surface area contributed by atoms with Crippen LogP contribution in [0.2, 0.25) is 0 Å². The minimum absolute atomic E-state index is 0.00154. The van der Waals surface area contributed by atoms with Crippen LogP contribution in [0.1, 0.15) is 48.0 Å². The molecule has 0 aromatic rings. The van der Waals surface area contributed by atoms with Crippen LogP contribution in [0, 0.1) is 5.41 Å². The van der Waals surface area contributed by atoms with Gasteiger partial charge in [-0.25, -0.2) is 14.8 Å². The average molecular weight is 451 g/mol. The normalized spacial score (nSPS) is 21.0. The van der Waals surface area contributed by atoms with E-state index in [1.165, 1.54) is 0 Å². The summed E-state index contributed by atoms with van der Waals surface area (Å²) in [5.74, 6) is 0.0156. The van der Waals surface area contributed by atoms with E-state index in [2.05, 4.69) is 10.2 Å². The summed E-state index contributed by atoms with van der Waals surface area (Å²) in [5.41, 5.74) is -0.170. The fourth-order valence-electron chi connectivity index (χ4n) is 4.08. The summed E-state index contributed by atoms with van der Waals surface area (Å²) in [6.07, 6.45) is 1.58. The lowest BCUT2D eigenvalue weighted by molar-refractivity contribution is -0.148. The molecular formula is C22H38N6O4. The Morgan fingerprint density at radius 3 is 2.22 bits per heavy atom. The van der Waals surface area contributed by atoms with E-state index >= 15 is 0 Å². The van der Waals surface area contributed by atoms with Gasteiger partial charge in [0.2, 0.25) is 5.91 Å². The zero-order chi connectivity index (χ0) is 23.8. The molecule has 1 atom stereocenters. The zero-order valence-corrected chi connectivity index (χ0v) is 20.5. The van der Waals surface area contributed by atoms with Gasteiger partial charge in [-0.15, -0.1) is 0 Å². The zero-order valence-electron chi connectivity index (χ0n) is 20.5. The molecule has 10 nitrogen and oxygen atoms in total. The molecule has 0 spiro atoms. The number of alkyl carbamates (subject to hydrolysis) is 1. The predicted octanol–water partition coefficient (Wildman–Crippen LogP) is 1.22. The van der Waals surface area contributed by atoms with E-state index in [0.29, 0.717) is 32.8 Å². The maximum atomic E-state index is 13.0. The van der Waals surface area contributed by atoms with Gasteiger partial charge < -0.3 is 24.8 Å². The summed E-state index contributed by atoms with van der Waals surface area (Å²) < 4.78 is 5.38. The number of ether oxygens (including phenoxy) is 1. The molecule has 32 heavy (non-hydrogen) atoms. The van der Waals surface area contributed by atoms with Crippen molar-refractivity contribution >= 4 is 17.9 Å². The molecule has 10 heteroatoms. The van der Waals surface area contributed by atoms with Gasteiger partial charge in [0.1, 0.15) is 18.0 Å². The Morgan fingerprint density at radius 1 is 1.06 bits per heavy atom. The number of nitrogens with zero attached hydrogens (tertiary/aromatic N) is 5. The first-order valence-corrected chi connectivity index (χ1v) is 11.3. The van der Waals surface area contributed by atoms with Crippen LogP contribution in [0.4, 0.5) is 4.79 Å². The van der Waals surface area contributed by atoms with E-state index in [-0.39, 0.29) is 29.7 Å². The third kappa shape index (κ3) is 5.65. The van der Waals surface area contributed by atoms with E-state index in [1.807, 2.05) is 69.6 Å². The highest BCUT2D eigenvalue weighted by molar-refractivity contribution is 5.94. The monoisotopic (exact) mass is 450 g/mol. The lowest BCUT2D eigenvalue weighted by Crippen LogP contribution is -2.57. The fourth-order valence-corrected chi connectivity index (χ4v) is 4.08. The third-order valence-electron chi connectivity index (χ3n) is 5.90. The highest BCUT2D eigenvalue weighted by Crippen LogP contribution is 2.27. The number of carbonyl (C=O) groups is 3. The first kappa shape index (κ1) is 24.2. The molecule has 3 rings (SSSR count). The molecule has 0 aromatic heterocycles. The van der Waals surface area contributed by atoms with E-state index in [4.69, 9.17) is 4.74 Å². The van der Waals surface area contributed by atoms with E-state index in [1.54, 1.807) is 5.01 Å². The molecule has 0 bridgehead atoms. The summed E-state index contributed by atoms with van der Waals surface area (Å²) in [4.78, 5) is 43.9. The quantitative estimate of drug-likeness (QED) is 0.689. The Bertz CT molecular complexity index is 776. The SMILES string of the molecule is CN1C=C2C(=O)N(N3CCN(C(=O)CC(NC(=O)OC(C)(C)C)C(C)(C)C)CC3)CN2C1. The highest BCUT2D eigenvalue weighted by atomic mass is 16.6. The molecule has 0 radical (unpaired) electrons. The Morgan fingerprint density at radius 2 is 1.69 bits per heavy atom. The largest absolute Gasteiger partial charge is 0.444 e. The molecule has 0 aromatic carbocycles. The number of amides is 3. The molecule has 180 valence electrons. The summed E-state index contributed by atoms with van der Waals surface area (Å²) in [5, 5.41) is 6.69. The van der Waals surface area contributed by atoms with Gasteiger partial charge in [-0.1, -0.05) is 20.8 Å². The first-order valence-electron chi connectivity index (χ1n) is 11.3. The second-order valence-corrected chi connectivity index (χ2v) is 10.9. The molecule has 0 aliphatic carbocycles. The molecular weight excluding hydrogens is 412 g/mol. The molecule has 2 fully saturated rings. The Kier molecular flexibility index (Phi) is 6.65. The topological polar surface area (TPSA) is 88.7 Å². The van der Waals surface area contributed by atoms with Crippen LogP contribution in [-0.2, 0) is 14.3 Å². The average Bonchev–Trinajstić information content (AvgIpc) is 3.16. The first-order chi connectivity index (χ1) is 14.7. The number of piperazine rings is 1. The van der Waals surface area contributed by atoms with Crippen molar-refractivity contribution in [2.45, 2.75) is 59.6 Å². The molecule has 3 aliphatic heterocycles. The van der Waals surface area contributed by atoms with Crippen LogP contribution >= 0.6 is 0 Å². The van der Waals surface area contributed by atoms with Crippen LogP contribution in [0.25, 0.3) is 0 Å². The predicted molar refractivity (Wildman–Crippen MR) is 120 cm³/mol. The maximum Gasteiger partial charge on any atom is 0.407 e. The molecule has 1 N–H and O–H groups in total. The van der Waals surface area contributed by atoms with E-state index in [9.17, 15) is 14.4 Å². The molecule has 2 saturated heterocycles. The number of nitrogens with one attached hydrogen (secondary N) is 1. The number of hydrazine groups is 1. The lowest BCUT2D eigenvalue weighted by atomic mass is 9.84. The van der Waals surface area contributed by atoms with Gasteiger partial charge in [0.15, 0.2) is 0 Å². The molecule has 3 amide bonds. The highest BCUT2D eigenvalue weighted by Gasteiger charge is 2.41. The number of carbonyl (C=O) groups excluding carboxylic acids is 3. The number of rotatable bonds is 4. The van der Waals surface area contributed by atoms with Crippen molar-refractivity contribution in [2.75, 3.05) is 46.6 Å². The third-order valence-corrected chi connectivity index (χ3v) is 5.90. The van der Waals surface area contributed by atoms with Crippen molar-refractivity contribution in [1.82, 2.24) is 30.0 Å². The molecule has 1 unspecified atom stereocenters. The van der Waals surface area contributed by atoms with Crippen LogP contribution < -0.4 is 5.32 Å². The minimum Gasteiger partial charge on any atom is -0.444 e.